The first-order chi connectivity index (χ1) is 13.6. The quantitative estimate of drug-likeness (QED) is 0.643. The summed E-state index contributed by atoms with van der Waals surface area (Å²) in [6.45, 7) is 3.22. The Kier molecular flexibility index (Phi) is 7.22. The molecule has 0 radical (unpaired) electrons. The molecule has 0 saturated heterocycles. The maximum Gasteiger partial charge on any atom is 0.416 e. The number of benzene rings is 2. The van der Waals surface area contributed by atoms with Gasteiger partial charge in [0.15, 0.2) is 0 Å². The van der Waals surface area contributed by atoms with Crippen LogP contribution < -0.4 is 16.0 Å². The van der Waals surface area contributed by atoms with Gasteiger partial charge in [0, 0.05) is 24.2 Å². The molecule has 0 aromatic heterocycles. The van der Waals surface area contributed by atoms with Gasteiger partial charge in [0.25, 0.3) is 5.91 Å². The SMILES string of the molecule is COC(C)C(=O)Nc1cccc(NC(C)C(=O)Nc2ccc(C(F)(F)F)cc2)c1. The van der Waals surface area contributed by atoms with Gasteiger partial charge in [-0.25, -0.2) is 0 Å². The summed E-state index contributed by atoms with van der Waals surface area (Å²) in [5.41, 5.74) is 0.580. The van der Waals surface area contributed by atoms with Crippen molar-refractivity contribution in [2.75, 3.05) is 23.1 Å². The van der Waals surface area contributed by atoms with Crippen LogP contribution in [0.15, 0.2) is 48.5 Å². The van der Waals surface area contributed by atoms with Crippen molar-refractivity contribution in [3.05, 3.63) is 54.1 Å². The van der Waals surface area contributed by atoms with Crippen LogP contribution in [0.1, 0.15) is 19.4 Å². The largest absolute Gasteiger partial charge is 0.416 e. The number of nitrogens with one attached hydrogen (secondary N) is 3. The lowest BCUT2D eigenvalue weighted by Crippen LogP contribution is -2.32. The molecule has 0 bridgehead atoms. The van der Waals surface area contributed by atoms with Crippen molar-refractivity contribution in [2.45, 2.75) is 32.2 Å². The van der Waals surface area contributed by atoms with E-state index in [1.807, 2.05) is 0 Å². The maximum absolute atomic E-state index is 12.6. The highest BCUT2D eigenvalue weighted by atomic mass is 19.4. The van der Waals surface area contributed by atoms with Gasteiger partial charge in [-0.2, -0.15) is 13.2 Å². The zero-order valence-electron chi connectivity index (χ0n) is 16.1. The van der Waals surface area contributed by atoms with Gasteiger partial charge < -0.3 is 20.7 Å². The monoisotopic (exact) mass is 409 g/mol. The summed E-state index contributed by atoms with van der Waals surface area (Å²) in [7, 11) is 1.43. The first-order valence-electron chi connectivity index (χ1n) is 8.78. The standard InChI is InChI=1S/C20H22F3N3O3/c1-12(18(27)25-15-9-7-14(8-10-15)20(21,22)23)24-16-5-4-6-17(11-16)26-19(28)13(2)29-3/h4-13,24H,1-3H3,(H,25,27)(H,26,28). The smallest absolute Gasteiger partial charge is 0.374 e. The van der Waals surface area contributed by atoms with E-state index >= 15 is 0 Å². The number of carbonyl (C=O) groups excluding carboxylic acids is 2. The fraction of sp³-hybridized carbons (Fsp3) is 0.300. The van der Waals surface area contributed by atoms with E-state index in [1.54, 1.807) is 38.1 Å². The Morgan fingerprint density at radius 1 is 0.897 bits per heavy atom. The number of alkyl halides is 3. The van der Waals surface area contributed by atoms with Gasteiger partial charge in [0.2, 0.25) is 5.91 Å². The molecule has 2 aromatic rings. The molecular weight excluding hydrogens is 387 g/mol. The molecule has 0 aliphatic heterocycles. The summed E-state index contributed by atoms with van der Waals surface area (Å²) in [6, 6.07) is 10.3. The second-order valence-corrected chi connectivity index (χ2v) is 6.38. The lowest BCUT2D eigenvalue weighted by molar-refractivity contribution is -0.137. The lowest BCUT2D eigenvalue weighted by atomic mass is 10.2. The molecule has 0 spiro atoms. The van der Waals surface area contributed by atoms with Gasteiger partial charge in [-0.05, 0) is 56.3 Å². The highest BCUT2D eigenvalue weighted by Crippen LogP contribution is 2.29. The number of ether oxygens (including phenoxy) is 1. The minimum Gasteiger partial charge on any atom is -0.374 e. The number of methoxy groups -OCH3 is 1. The average molecular weight is 409 g/mol. The van der Waals surface area contributed by atoms with Crippen molar-refractivity contribution in [2.24, 2.45) is 0 Å². The van der Waals surface area contributed by atoms with E-state index in [0.29, 0.717) is 11.4 Å². The van der Waals surface area contributed by atoms with E-state index in [-0.39, 0.29) is 11.6 Å². The highest BCUT2D eigenvalue weighted by molar-refractivity contribution is 5.97. The summed E-state index contributed by atoms with van der Waals surface area (Å²) in [5.74, 6) is -0.732. The third-order valence-corrected chi connectivity index (χ3v) is 4.11. The van der Waals surface area contributed by atoms with Gasteiger partial charge in [0.05, 0.1) is 5.56 Å². The first-order valence-corrected chi connectivity index (χ1v) is 8.78. The average Bonchev–Trinajstić information content (AvgIpc) is 2.67. The third kappa shape index (κ3) is 6.49. The molecule has 0 aliphatic carbocycles. The Bertz CT molecular complexity index is 854. The van der Waals surface area contributed by atoms with Gasteiger partial charge >= 0.3 is 6.18 Å². The van der Waals surface area contributed by atoms with Crippen LogP contribution >= 0.6 is 0 Å². The Hall–Kier alpha value is -3.07. The number of rotatable bonds is 7. The van der Waals surface area contributed by atoms with Crippen molar-refractivity contribution < 1.29 is 27.5 Å². The van der Waals surface area contributed by atoms with Crippen LogP contribution in [0.3, 0.4) is 0 Å². The Balaban J connectivity index is 1.97. The van der Waals surface area contributed by atoms with Crippen LogP contribution in [0.25, 0.3) is 0 Å². The molecule has 2 unspecified atom stereocenters. The third-order valence-electron chi connectivity index (χ3n) is 4.11. The molecule has 0 aliphatic rings. The van der Waals surface area contributed by atoms with Crippen LogP contribution in [0.5, 0.6) is 0 Å². The molecule has 2 aromatic carbocycles. The van der Waals surface area contributed by atoms with Gasteiger partial charge in [-0.15, -0.1) is 0 Å². The molecule has 0 heterocycles. The minimum atomic E-state index is -4.43. The molecule has 2 atom stereocenters. The van der Waals surface area contributed by atoms with Gasteiger partial charge in [0.1, 0.15) is 12.1 Å². The van der Waals surface area contributed by atoms with Crippen molar-refractivity contribution in [3.8, 4) is 0 Å². The molecule has 2 amide bonds. The zero-order valence-corrected chi connectivity index (χ0v) is 16.1. The van der Waals surface area contributed by atoms with Crippen LogP contribution in [0.4, 0.5) is 30.2 Å². The van der Waals surface area contributed by atoms with Crippen molar-refractivity contribution in [3.63, 3.8) is 0 Å². The molecular formula is C20H22F3N3O3. The number of anilines is 3. The van der Waals surface area contributed by atoms with Crippen LogP contribution in [-0.4, -0.2) is 31.1 Å². The molecule has 29 heavy (non-hydrogen) atoms. The van der Waals surface area contributed by atoms with E-state index in [1.165, 1.54) is 19.2 Å². The van der Waals surface area contributed by atoms with Crippen molar-refractivity contribution in [1.29, 1.82) is 0 Å². The van der Waals surface area contributed by atoms with E-state index in [0.717, 1.165) is 12.1 Å². The number of hydrogen-bond donors (Lipinski definition) is 3. The fourth-order valence-electron chi connectivity index (χ4n) is 2.35. The normalized spacial score (nSPS) is 13.3. The van der Waals surface area contributed by atoms with Crippen LogP contribution in [0.2, 0.25) is 0 Å². The van der Waals surface area contributed by atoms with E-state index in [4.69, 9.17) is 4.74 Å². The number of carbonyl (C=O) groups is 2. The molecule has 9 heteroatoms. The van der Waals surface area contributed by atoms with Crippen molar-refractivity contribution in [1.82, 2.24) is 0 Å². The van der Waals surface area contributed by atoms with Crippen molar-refractivity contribution >= 4 is 28.9 Å². The Labute approximate surface area is 166 Å². The fourth-order valence-corrected chi connectivity index (χ4v) is 2.35. The Morgan fingerprint density at radius 3 is 2.07 bits per heavy atom. The lowest BCUT2D eigenvalue weighted by Gasteiger charge is -2.17. The Morgan fingerprint density at radius 2 is 1.48 bits per heavy atom. The maximum atomic E-state index is 12.6. The second-order valence-electron chi connectivity index (χ2n) is 6.38. The van der Waals surface area contributed by atoms with E-state index in [9.17, 15) is 22.8 Å². The zero-order chi connectivity index (χ0) is 21.6. The summed E-state index contributed by atoms with van der Waals surface area (Å²) >= 11 is 0. The molecule has 0 fully saturated rings. The van der Waals surface area contributed by atoms with Crippen LogP contribution in [-0.2, 0) is 20.5 Å². The highest BCUT2D eigenvalue weighted by Gasteiger charge is 2.30. The summed E-state index contributed by atoms with van der Waals surface area (Å²) in [6.07, 6.45) is -5.04. The van der Waals surface area contributed by atoms with Crippen LogP contribution in [0, 0.1) is 0 Å². The molecule has 3 N–H and O–H groups in total. The number of halogens is 3. The minimum absolute atomic E-state index is 0.256. The molecule has 0 saturated carbocycles. The molecule has 6 nitrogen and oxygen atoms in total. The predicted octanol–water partition coefficient (Wildman–Crippen LogP) is 4.12. The van der Waals surface area contributed by atoms with Gasteiger partial charge in [-0.1, -0.05) is 6.07 Å². The van der Waals surface area contributed by atoms with E-state index < -0.39 is 29.8 Å². The van der Waals surface area contributed by atoms with E-state index in [2.05, 4.69) is 16.0 Å². The number of amides is 2. The summed E-state index contributed by atoms with van der Waals surface area (Å²) in [4.78, 5) is 24.2. The summed E-state index contributed by atoms with van der Waals surface area (Å²) < 4.78 is 42.7. The van der Waals surface area contributed by atoms with Gasteiger partial charge in [-0.3, -0.25) is 9.59 Å². The summed E-state index contributed by atoms with van der Waals surface area (Å²) in [5, 5.41) is 8.23. The number of hydrogen-bond acceptors (Lipinski definition) is 4. The second kappa shape index (κ2) is 9.42. The molecule has 156 valence electrons. The first kappa shape index (κ1) is 22.2. The predicted molar refractivity (Wildman–Crippen MR) is 105 cm³/mol. The topological polar surface area (TPSA) is 79.5 Å². The molecule has 2 rings (SSSR count).